The lowest BCUT2D eigenvalue weighted by Crippen LogP contribution is -2.27. The van der Waals surface area contributed by atoms with Gasteiger partial charge in [0.2, 0.25) is 5.91 Å². The zero-order valence-corrected chi connectivity index (χ0v) is 20.4. The van der Waals surface area contributed by atoms with E-state index in [-0.39, 0.29) is 16.5 Å². The lowest BCUT2D eigenvalue weighted by Gasteiger charge is -2.13. The molecule has 0 radical (unpaired) electrons. The van der Waals surface area contributed by atoms with E-state index in [1.165, 1.54) is 11.6 Å². The molecule has 0 saturated heterocycles. The molecule has 4 rings (SSSR count). The van der Waals surface area contributed by atoms with Gasteiger partial charge in [0.1, 0.15) is 11.4 Å². The Balaban J connectivity index is 1.60. The van der Waals surface area contributed by atoms with Gasteiger partial charge >= 0.3 is 6.18 Å². The number of carbonyl (C=O) groups is 1. The van der Waals surface area contributed by atoms with E-state index < -0.39 is 28.6 Å². The number of hydrogen-bond donors (Lipinski definition) is 1. The van der Waals surface area contributed by atoms with Crippen molar-refractivity contribution in [3.05, 3.63) is 88.5 Å². The van der Waals surface area contributed by atoms with E-state index in [4.69, 9.17) is 0 Å². The Morgan fingerprint density at radius 1 is 1.03 bits per heavy atom. The number of amides is 1. The first-order valence-electron chi connectivity index (χ1n) is 10.9. The van der Waals surface area contributed by atoms with Gasteiger partial charge in [-0.25, -0.2) is 14.6 Å². The topological polar surface area (TPSA) is 81.8 Å². The highest BCUT2D eigenvalue weighted by Gasteiger charge is 2.34. The molecule has 1 amide bonds. The molecule has 186 valence electrons. The molecule has 0 saturated carbocycles. The quantitative estimate of drug-likeness (QED) is 0.287. The SMILES string of the molecule is Cc1c(NC(=O)[C@H](C)Sc2nc(-c3ccccc3)cc(C(F)(F)F)n2)c(=O)n(-c2ccccc2)n1C. The average molecular weight is 514 g/mol. The second-order valence-electron chi connectivity index (χ2n) is 7.97. The molecule has 0 unspecified atom stereocenters. The molecule has 0 bridgehead atoms. The van der Waals surface area contributed by atoms with Crippen molar-refractivity contribution in [3.63, 3.8) is 0 Å². The Hall–Kier alpha value is -3.86. The normalized spacial score (nSPS) is 12.4. The molecular weight excluding hydrogens is 491 g/mol. The molecule has 2 aromatic carbocycles. The monoisotopic (exact) mass is 513 g/mol. The number of hydrogen-bond acceptors (Lipinski definition) is 5. The van der Waals surface area contributed by atoms with Crippen LogP contribution in [-0.4, -0.2) is 30.5 Å². The van der Waals surface area contributed by atoms with Crippen molar-refractivity contribution in [2.75, 3.05) is 5.32 Å². The van der Waals surface area contributed by atoms with Gasteiger partial charge in [-0.15, -0.1) is 0 Å². The van der Waals surface area contributed by atoms with Gasteiger partial charge in [-0.2, -0.15) is 13.2 Å². The molecule has 1 N–H and O–H groups in total. The van der Waals surface area contributed by atoms with E-state index in [2.05, 4.69) is 15.3 Å². The first-order chi connectivity index (χ1) is 17.1. The predicted molar refractivity (Wildman–Crippen MR) is 132 cm³/mol. The van der Waals surface area contributed by atoms with Gasteiger partial charge in [0.05, 0.1) is 22.3 Å². The van der Waals surface area contributed by atoms with Crippen molar-refractivity contribution in [3.8, 4) is 16.9 Å². The highest BCUT2D eigenvalue weighted by Crippen LogP contribution is 2.33. The number of nitrogens with zero attached hydrogens (tertiary/aromatic N) is 4. The molecule has 11 heteroatoms. The number of nitrogens with one attached hydrogen (secondary N) is 1. The fourth-order valence-corrected chi connectivity index (χ4v) is 4.31. The van der Waals surface area contributed by atoms with Crippen molar-refractivity contribution in [2.45, 2.75) is 30.4 Å². The number of rotatable bonds is 6. The fraction of sp³-hybridized carbons (Fsp3) is 0.200. The highest BCUT2D eigenvalue weighted by atomic mass is 32.2. The number of carbonyl (C=O) groups excluding carboxylic acids is 1. The molecule has 2 aromatic heterocycles. The van der Waals surface area contributed by atoms with Gasteiger partial charge in [-0.3, -0.25) is 14.3 Å². The third-order valence-corrected chi connectivity index (χ3v) is 6.48. The Morgan fingerprint density at radius 3 is 2.25 bits per heavy atom. The summed E-state index contributed by atoms with van der Waals surface area (Å²) in [6.45, 7) is 3.20. The maximum atomic E-state index is 13.5. The van der Waals surface area contributed by atoms with Crippen LogP contribution >= 0.6 is 11.8 Å². The number of benzene rings is 2. The third kappa shape index (κ3) is 5.20. The summed E-state index contributed by atoms with van der Waals surface area (Å²) >= 11 is 0.779. The smallest absolute Gasteiger partial charge is 0.319 e. The van der Waals surface area contributed by atoms with E-state index in [1.54, 1.807) is 73.3 Å². The zero-order chi connectivity index (χ0) is 26.0. The van der Waals surface area contributed by atoms with E-state index in [9.17, 15) is 22.8 Å². The van der Waals surface area contributed by atoms with Crippen molar-refractivity contribution in [1.82, 2.24) is 19.3 Å². The Kier molecular flexibility index (Phi) is 7.02. The van der Waals surface area contributed by atoms with E-state index in [0.29, 0.717) is 16.9 Å². The van der Waals surface area contributed by atoms with E-state index >= 15 is 0 Å². The second kappa shape index (κ2) is 10.0. The minimum atomic E-state index is -4.68. The molecule has 36 heavy (non-hydrogen) atoms. The summed E-state index contributed by atoms with van der Waals surface area (Å²) in [6.07, 6.45) is -4.68. The lowest BCUT2D eigenvalue weighted by atomic mass is 10.1. The van der Waals surface area contributed by atoms with Crippen LogP contribution in [0.3, 0.4) is 0 Å². The summed E-state index contributed by atoms with van der Waals surface area (Å²) in [7, 11) is 1.69. The van der Waals surface area contributed by atoms with Crippen molar-refractivity contribution < 1.29 is 18.0 Å². The summed E-state index contributed by atoms with van der Waals surface area (Å²) < 4.78 is 43.5. The predicted octanol–water partition coefficient (Wildman–Crippen LogP) is 5.08. The van der Waals surface area contributed by atoms with Gasteiger partial charge in [0.25, 0.3) is 5.56 Å². The molecule has 4 aromatic rings. The number of aromatic nitrogens is 4. The fourth-order valence-electron chi connectivity index (χ4n) is 3.53. The molecule has 0 aliphatic rings. The molecule has 0 aliphatic carbocycles. The Labute approximate surface area is 209 Å². The van der Waals surface area contributed by atoms with Crippen molar-refractivity contribution in [2.24, 2.45) is 7.05 Å². The van der Waals surface area contributed by atoms with Gasteiger partial charge in [0.15, 0.2) is 5.16 Å². The van der Waals surface area contributed by atoms with Crippen LogP contribution < -0.4 is 10.9 Å². The van der Waals surface area contributed by atoms with Crippen molar-refractivity contribution >= 4 is 23.4 Å². The minimum Gasteiger partial charge on any atom is -0.319 e. The maximum Gasteiger partial charge on any atom is 0.433 e. The van der Waals surface area contributed by atoms with Crippen LogP contribution in [0, 0.1) is 6.92 Å². The number of para-hydroxylation sites is 1. The third-order valence-electron chi connectivity index (χ3n) is 5.52. The number of thioether (sulfide) groups is 1. The number of anilines is 1. The Bertz CT molecular complexity index is 1450. The van der Waals surface area contributed by atoms with Gasteiger partial charge in [0, 0.05) is 12.6 Å². The molecule has 0 aliphatic heterocycles. The van der Waals surface area contributed by atoms with Gasteiger partial charge < -0.3 is 5.32 Å². The zero-order valence-electron chi connectivity index (χ0n) is 19.6. The summed E-state index contributed by atoms with van der Waals surface area (Å²) in [4.78, 5) is 33.9. The molecule has 0 spiro atoms. The number of alkyl halides is 3. The summed E-state index contributed by atoms with van der Waals surface area (Å²) in [5.74, 6) is -0.562. The summed E-state index contributed by atoms with van der Waals surface area (Å²) in [6, 6.07) is 18.2. The molecular formula is C25H22F3N5O2S. The van der Waals surface area contributed by atoms with Crippen LogP contribution in [0.2, 0.25) is 0 Å². The molecule has 0 fully saturated rings. The summed E-state index contributed by atoms with van der Waals surface area (Å²) in [5.41, 5.74) is 0.305. The second-order valence-corrected chi connectivity index (χ2v) is 9.28. The first-order valence-corrected chi connectivity index (χ1v) is 11.8. The van der Waals surface area contributed by atoms with E-state index in [1.807, 2.05) is 6.07 Å². The lowest BCUT2D eigenvalue weighted by molar-refractivity contribution is -0.141. The van der Waals surface area contributed by atoms with Crippen LogP contribution in [0.25, 0.3) is 16.9 Å². The first kappa shape index (κ1) is 25.2. The van der Waals surface area contributed by atoms with Crippen LogP contribution in [0.15, 0.2) is 76.7 Å². The minimum absolute atomic E-state index is 0.0914. The van der Waals surface area contributed by atoms with Crippen molar-refractivity contribution in [1.29, 1.82) is 0 Å². The van der Waals surface area contributed by atoms with Crippen LogP contribution in [0.1, 0.15) is 18.3 Å². The highest BCUT2D eigenvalue weighted by molar-refractivity contribution is 8.00. The van der Waals surface area contributed by atoms with Crippen LogP contribution in [-0.2, 0) is 18.0 Å². The van der Waals surface area contributed by atoms with Gasteiger partial charge in [-0.1, -0.05) is 60.3 Å². The van der Waals surface area contributed by atoms with Crippen LogP contribution in [0.5, 0.6) is 0 Å². The molecule has 1 atom stereocenters. The molecule has 7 nitrogen and oxygen atoms in total. The van der Waals surface area contributed by atoms with Crippen LogP contribution in [0.4, 0.5) is 18.9 Å². The van der Waals surface area contributed by atoms with Gasteiger partial charge in [-0.05, 0) is 32.0 Å². The largest absolute Gasteiger partial charge is 0.433 e. The standard InChI is InChI=1S/C25H22F3N5O2S/c1-15-21(23(35)33(32(15)3)18-12-8-5-9-13-18)31-22(34)16(2)36-24-29-19(17-10-6-4-7-11-17)14-20(30-24)25(26,27)28/h4-14,16H,1-3H3,(H,31,34)/t16-/m0/s1. The Morgan fingerprint density at radius 2 is 1.64 bits per heavy atom. The number of halogens is 3. The maximum absolute atomic E-state index is 13.5. The molecule has 2 heterocycles. The summed E-state index contributed by atoms with van der Waals surface area (Å²) in [5, 5.41) is 1.54. The average Bonchev–Trinajstić information content (AvgIpc) is 3.07. The van der Waals surface area contributed by atoms with E-state index in [0.717, 1.165) is 17.8 Å².